The maximum Gasteiger partial charge on any atom is 0.189 e. The first kappa shape index (κ1) is 21.1. The summed E-state index contributed by atoms with van der Waals surface area (Å²) >= 11 is 0. The van der Waals surface area contributed by atoms with Gasteiger partial charge in [-0.05, 0) is 53.9 Å². The van der Waals surface area contributed by atoms with E-state index in [0.717, 1.165) is 37.3 Å². The highest BCUT2D eigenvalue weighted by atomic mass is 16.5. The Bertz CT molecular complexity index is 888. The second kappa shape index (κ2) is 8.83. The van der Waals surface area contributed by atoms with Crippen molar-refractivity contribution in [1.29, 1.82) is 0 Å². The summed E-state index contributed by atoms with van der Waals surface area (Å²) in [6.07, 6.45) is 3.60. The van der Waals surface area contributed by atoms with Crippen LogP contribution in [0.2, 0.25) is 0 Å². The Hall–Kier alpha value is -2.59. The molecule has 1 saturated heterocycles. The molecule has 4 heteroatoms. The molecule has 0 bridgehead atoms. The van der Waals surface area contributed by atoms with E-state index in [2.05, 4.69) is 55.8 Å². The zero-order chi connectivity index (χ0) is 21.0. The van der Waals surface area contributed by atoms with Crippen LogP contribution in [0.3, 0.4) is 0 Å². The fourth-order valence-electron chi connectivity index (χ4n) is 3.59. The molecule has 154 valence electrons. The van der Waals surface area contributed by atoms with Gasteiger partial charge in [0.1, 0.15) is 5.75 Å². The summed E-state index contributed by atoms with van der Waals surface area (Å²) in [5.41, 5.74) is 3.94. The zero-order valence-electron chi connectivity index (χ0n) is 18.2. The van der Waals surface area contributed by atoms with Crippen LogP contribution in [0.25, 0.3) is 6.08 Å². The fraction of sp³-hybridized carbons (Fsp3) is 0.400. The monoisotopic (exact) mass is 392 g/mol. The van der Waals surface area contributed by atoms with Gasteiger partial charge < -0.3 is 14.5 Å². The van der Waals surface area contributed by atoms with E-state index in [4.69, 9.17) is 4.74 Å². The normalized spacial score (nSPS) is 15.7. The van der Waals surface area contributed by atoms with Crippen molar-refractivity contribution >= 4 is 17.5 Å². The molecule has 0 amide bonds. The summed E-state index contributed by atoms with van der Waals surface area (Å²) < 4.78 is 5.45. The standard InChI is InChI=1S/C25H32N2O2/c1-25(2,3)20-11-13-24(29-5)21(18-20)23(28)12-10-19-8-6-7-9-22(19)27-16-14-26(4)15-17-27/h6-13,18H,14-17H2,1-5H3. The van der Waals surface area contributed by atoms with Gasteiger partial charge in [-0.3, -0.25) is 4.79 Å². The highest BCUT2D eigenvalue weighted by molar-refractivity contribution is 6.09. The first-order valence-corrected chi connectivity index (χ1v) is 10.2. The molecule has 1 aliphatic heterocycles. The van der Waals surface area contributed by atoms with Crippen molar-refractivity contribution in [3.8, 4) is 5.75 Å². The number of likely N-dealkylation sites (N-methyl/N-ethyl adjacent to an activating group) is 1. The Morgan fingerprint density at radius 3 is 2.38 bits per heavy atom. The third-order valence-electron chi connectivity index (χ3n) is 5.53. The maximum atomic E-state index is 13.0. The van der Waals surface area contributed by atoms with Crippen LogP contribution < -0.4 is 9.64 Å². The summed E-state index contributed by atoms with van der Waals surface area (Å²) in [5.74, 6) is 0.570. The number of anilines is 1. The number of carbonyl (C=O) groups is 1. The Balaban J connectivity index is 1.87. The molecular weight excluding hydrogens is 360 g/mol. The van der Waals surface area contributed by atoms with Crippen molar-refractivity contribution in [2.24, 2.45) is 0 Å². The smallest absolute Gasteiger partial charge is 0.189 e. The van der Waals surface area contributed by atoms with Gasteiger partial charge in [0.15, 0.2) is 5.78 Å². The molecule has 1 fully saturated rings. The van der Waals surface area contributed by atoms with E-state index in [1.165, 1.54) is 5.69 Å². The SMILES string of the molecule is COc1ccc(C(C)(C)C)cc1C(=O)C=Cc1ccccc1N1CCN(C)CC1. The van der Waals surface area contributed by atoms with Crippen LogP contribution in [-0.4, -0.2) is 51.0 Å². The van der Waals surface area contributed by atoms with Crippen molar-refractivity contribution < 1.29 is 9.53 Å². The van der Waals surface area contributed by atoms with Crippen molar-refractivity contribution in [2.75, 3.05) is 45.2 Å². The Labute approximate surface area is 174 Å². The number of benzene rings is 2. The van der Waals surface area contributed by atoms with Crippen molar-refractivity contribution in [3.63, 3.8) is 0 Å². The van der Waals surface area contributed by atoms with Crippen LogP contribution in [0.4, 0.5) is 5.69 Å². The number of piperazine rings is 1. The van der Waals surface area contributed by atoms with Gasteiger partial charge in [0.05, 0.1) is 12.7 Å². The van der Waals surface area contributed by atoms with Gasteiger partial charge >= 0.3 is 0 Å². The minimum absolute atomic E-state index is 0.0287. The molecule has 29 heavy (non-hydrogen) atoms. The van der Waals surface area contributed by atoms with Crippen LogP contribution in [0.1, 0.15) is 42.3 Å². The number of nitrogens with zero attached hydrogens (tertiary/aromatic N) is 2. The van der Waals surface area contributed by atoms with E-state index in [1.54, 1.807) is 13.2 Å². The summed E-state index contributed by atoms with van der Waals surface area (Å²) in [5, 5.41) is 0. The third-order valence-corrected chi connectivity index (χ3v) is 5.53. The molecule has 2 aromatic carbocycles. The summed E-state index contributed by atoms with van der Waals surface area (Å²) in [6, 6.07) is 14.2. The van der Waals surface area contributed by atoms with E-state index in [0.29, 0.717) is 11.3 Å². The molecule has 0 N–H and O–H groups in total. The Morgan fingerprint density at radius 1 is 1.03 bits per heavy atom. The number of hydrogen-bond acceptors (Lipinski definition) is 4. The highest BCUT2D eigenvalue weighted by Gasteiger charge is 2.19. The van der Waals surface area contributed by atoms with Gasteiger partial charge in [-0.2, -0.15) is 0 Å². The summed E-state index contributed by atoms with van der Waals surface area (Å²) in [7, 11) is 3.76. The van der Waals surface area contributed by atoms with Gasteiger partial charge in [-0.1, -0.05) is 45.0 Å². The third kappa shape index (κ3) is 5.07. The molecule has 3 rings (SSSR count). The molecule has 1 heterocycles. The number of hydrogen-bond donors (Lipinski definition) is 0. The van der Waals surface area contributed by atoms with E-state index in [-0.39, 0.29) is 11.2 Å². The number of methoxy groups -OCH3 is 1. The lowest BCUT2D eigenvalue weighted by Gasteiger charge is -2.34. The molecule has 1 aliphatic rings. The molecular formula is C25H32N2O2. The van der Waals surface area contributed by atoms with Crippen LogP contribution in [0, 0.1) is 0 Å². The average Bonchev–Trinajstić information content (AvgIpc) is 2.71. The first-order chi connectivity index (χ1) is 13.8. The number of para-hydroxylation sites is 1. The molecule has 0 spiro atoms. The lowest BCUT2D eigenvalue weighted by atomic mass is 9.85. The van der Waals surface area contributed by atoms with Crippen molar-refractivity contribution in [1.82, 2.24) is 4.90 Å². The molecule has 0 unspecified atom stereocenters. The minimum Gasteiger partial charge on any atom is -0.496 e. The van der Waals surface area contributed by atoms with E-state index in [9.17, 15) is 4.79 Å². The average molecular weight is 393 g/mol. The van der Waals surface area contributed by atoms with Crippen LogP contribution in [0.15, 0.2) is 48.5 Å². The molecule has 0 aliphatic carbocycles. The predicted octanol–water partition coefficient (Wildman–Crippen LogP) is 4.64. The van der Waals surface area contributed by atoms with Crippen LogP contribution in [-0.2, 0) is 5.41 Å². The molecule has 2 aromatic rings. The van der Waals surface area contributed by atoms with Crippen molar-refractivity contribution in [3.05, 3.63) is 65.2 Å². The molecule has 0 saturated carbocycles. The predicted molar refractivity (Wildman–Crippen MR) is 121 cm³/mol. The van der Waals surface area contributed by atoms with Gasteiger partial charge in [0, 0.05) is 31.9 Å². The molecule has 0 aromatic heterocycles. The largest absolute Gasteiger partial charge is 0.496 e. The number of ether oxygens (including phenoxy) is 1. The fourth-order valence-corrected chi connectivity index (χ4v) is 3.59. The second-order valence-electron chi connectivity index (χ2n) is 8.71. The Morgan fingerprint density at radius 2 is 1.72 bits per heavy atom. The second-order valence-corrected chi connectivity index (χ2v) is 8.71. The quantitative estimate of drug-likeness (QED) is 0.548. The lowest BCUT2D eigenvalue weighted by Crippen LogP contribution is -2.44. The minimum atomic E-state index is -0.0406. The van der Waals surface area contributed by atoms with Crippen LogP contribution >= 0.6 is 0 Å². The number of rotatable bonds is 5. The van der Waals surface area contributed by atoms with Gasteiger partial charge in [0.2, 0.25) is 0 Å². The van der Waals surface area contributed by atoms with E-state index < -0.39 is 0 Å². The maximum absolute atomic E-state index is 13.0. The highest BCUT2D eigenvalue weighted by Crippen LogP contribution is 2.29. The summed E-state index contributed by atoms with van der Waals surface area (Å²) in [4.78, 5) is 17.8. The first-order valence-electron chi connectivity index (χ1n) is 10.2. The van der Waals surface area contributed by atoms with E-state index >= 15 is 0 Å². The molecule has 0 atom stereocenters. The lowest BCUT2D eigenvalue weighted by molar-refractivity contribution is 0.104. The van der Waals surface area contributed by atoms with E-state index in [1.807, 2.05) is 30.3 Å². The number of ketones is 1. The number of allylic oxidation sites excluding steroid dienone is 1. The van der Waals surface area contributed by atoms with Crippen LogP contribution in [0.5, 0.6) is 5.75 Å². The zero-order valence-corrected chi connectivity index (χ0v) is 18.2. The van der Waals surface area contributed by atoms with Gasteiger partial charge in [-0.25, -0.2) is 0 Å². The number of carbonyl (C=O) groups excluding carboxylic acids is 1. The molecule has 0 radical (unpaired) electrons. The molecule has 4 nitrogen and oxygen atoms in total. The summed E-state index contributed by atoms with van der Waals surface area (Å²) in [6.45, 7) is 10.5. The topological polar surface area (TPSA) is 32.8 Å². The Kier molecular flexibility index (Phi) is 6.43. The van der Waals surface area contributed by atoms with Gasteiger partial charge in [-0.15, -0.1) is 0 Å². The van der Waals surface area contributed by atoms with Gasteiger partial charge in [0.25, 0.3) is 0 Å². The van der Waals surface area contributed by atoms with Crippen molar-refractivity contribution in [2.45, 2.75) is 26.2 Å².